The number of nitrogens with zero attached hydrogens (tertiary/aromatic N) is 5. The van der Waals surface area contributed by atoms with Gasteiger partial charge in [0.15, 0.2) is 0 Å². The second kappa shape index (κ2) is 10.0. The van der Waals surface area contributed by atoms with Crippen LogP contribution in [0.4, 0.5) is 29.5 Å². The van der Waals surface area contributed by atoms with Crippen molar-refractivity contribution in [1.29, 1.82) is 0 Å². The molecule has 1 fully saturated rings. The Morgan fingerprint density at radius 2 is 1.91 bits per heavy atom. The van der Waals surface area contributed by atoms with E-state index in [0.717, 1.165) is 29.4 Å². The summed E-state index contributed by atoms with van der Waals surface area (Å²) in [7, 11) is 0. The standard InChI is InChI=1S/C21H21F3N6O2S/c22-21(23,24)16-3-1-4-17(13-16)26-20(31)30-10-2-9-29(11-12-30)18-19(28-33-27-18)32-14-15-5-7-25-8-6-15/h1,3-8,13H,2,9-12,14H2,(H,26,31). The molecule has 1 aliphatic heterocycles. The topological polar surface area (TPSA) is 83.5 Å². The zero-order chi connectivity index (χ0) is 23.3. The molecule has 174 valence electrons. The minimum Gasteiger partial charge on any atom is -0.470 e. The van der Waals surface area contributed by atoms with Crippen molar-refractivity contribution in [3.63, 3.8) is 0 Å². The van der Waals surface area contributed by atoms with Crippen molar-refractivity contribution in [1.82, 2.24) is 18.6 Å². The minimum absolute atomic E-state index is 0.103. The number of hydrogen-bond acceptors (Lipinski definition) is 7. The van der Waals surface area contributed by atoms with Gasteiger partial charge in [-0.05, 0) is 42.3 Å². The predicted molar refractivity (Wildman–Crippen MR) is 117 cm³/mol. The van der Waals surface area contributed by atoms with Gasteiger partial charge in [0.2, 0.25) is 5.82 Å². The van der Waals surface area contributed by atoms with E-state index in [1.165, 1.54) is 12.1 Å². The summed E-state index contributed by atoms with van der Waals surface area (Å²) in [5, 5.41) is 2.56. The molecule has 0 aliphatic carbocycles. The summed E-state index contributed by atoms with van der Waals surface area (Å²) in [4.78, 5) is 20.2. The smallest absolute Gasteiger partial charge is 0.416 e. The van der Waals surface area contributed by atoms with Crippen molar-refractivity contribution in [3.05, 3.63) is 59.9 Å². The van der Waals surface area contributed by atoms with Gasteiger partial charge in [-0.1, -0.05) is 6.07 Å². The Morgan fingerprint density at radius 3 is 2.70 bits per heavy atom. The highest BCUT2D eigenvalue weighted by Gasteiger charge is 2.31. The van der Waals surface area contributed by atoms with Crippen molar-refractivity contribution in [2.75, 3.05) is 36.4 Å². The molecule has 4 rings (SSSR count). The number of pyridine rings is 1. The number of hydrogen-bond donors (Lipinski definition) is 1. The first-order valence-electron chi connectivity index (χ1n) is 10.2. The molecule has 1 aliphatic rings. The normalized spacial score (nSPS) is 14.6. The summed E-state index contributed by atoms with van der Waals surface area (Å²) in [5.41, 5.74) is 0.251. The fourth-order valence-corrected chi connectivity index (χ4v) is 3.92. The molecule has 1 aromatic carbocycles. The van der Waals surface area contributed by atoms with Crippen LogP contribution in [0.15, 0.2) is 48.8 Å². The highest BCUT2D eigenvalue weighted by Crippen LogP contribution is 2.31. The van der Waals surface area contributed by atoms with E-state index in [4.69, 9.17) is 4.74 Å². The van der Waals surface area contributed by atoms with Crippen LogP contribution in [-0.4, -0.2) is 50.8 Å². The second-order valence-corrected chi connectivity index (χ2v) is 7.90. The van der Waals surface area contributed by atoms with Gasteiger partial charge in [0, 0.05) is 44.3 Å². The van der Waals surface area contributed by atoms with Crippen LogP contribution in [0.3, 0.4) is 0 Å². The van der Waals surface area contributed by atoms with Gasteiger partial charge in [-0.3, -0.25) is 4.98 Å². The molecule has 2 aromatic heterocycles. The lowest BCUT2D eigenvalue weighted by Crippen LogP contribution is -2.38. The highest BCUT2D eigenvalue weighted by atomic mass is 32.1. The fraction of sp³-hybridized carbons (Fsp3) is 0.333. The molecule has 0 spiro atoms. The van der Waals surface area contributed by atoms with Gasteiger partial charge in [-0.25, -0.2) is 4.79 Å². The molecular formula is C21H21F3N6O2S. The molecule has 0 unspecified atom stereocenters. The van der Waals surface area contributed by atoms with Crippen molar-refractivity contribution < 1.29 is 22.7 Å². The summed E-state index contributed by atoms with van der Waals surface area (Å²) in [5.74, 6) is 1.05. The molecule has 0 atom stereocenters. The Morgan fingerprint density at radius 1 is 1.09 bits per heavy atom. The van der Waals surface area contributed by atoms with Crippen LogP contribution in [0.25, 0.3) is 0 Å². The minimum atomic E-state index is -4.47. The molecule has 3 heterocycles. The van der Waals surface area contributed by atoms with Crippen molar-refractivity contribution in [3.8, 4) is 5.88 Å². The Bertz CT molecular complexity index is 1080. The Kier molecular flexibility index (Phi) is 6.92. The number of carbonyl (C=O) groups excluding carboxylic acids is 1. The number of amides is 2. The van der Waals surface area contributed by atoms with E-state index in [2.05, 4.69) is 19.0 Å². The maximum atomic E-state index is 12.9. The average molecular weight is 479 g/mol. The molecule has 1 N–H and O–H groups in total. The Labute approximate surface area is 192 Å². The predicted octanol–water partition coefficient (Wildman–Crippen LogP) is 4.28. The molecule has 8 nitrogen and oxygen atoms in total. The van der Waals surface area contributed by atoms with E-state index in [0.29, 0.717) is 50.9 Å². The fourth-order valence-electron chi connectivity index (χ4n) is 3.40. The summed E-state index contributed by atoms with van der Waals surface area (Å²) >= 11 is 1.05. The third-order valence-electron chi connectivity index (χ3n) is 5.09. The number of anilines is 2. The maximum Gasteiger partial charge on any atom is 0.416 e. The van der Waals surface area contributed by atoms with Crippen molar-refractivity contribution in [2.24, 2.45) is 0 Å². The summed E-state index contributed by atoms with van der Waals surface area (Å²) in [6, 6.07) is 7.86. The van der Waals surface area contributed by atoms with Gasteiger partial charge < -0.3 is 19.9 Å². The molecule has 0 radical (unpaired) electrons. The number of nitrogens with one attached hydrogen (secondary N) is 1. The van der Waals surface area contributed by atoms with Crippen molar-refractivity contribution >= 4 is 29.3 Å². The van der Waals surface area contributed by atoms with Gasteiger partial charge in [0.1, 0.15) is 6.61 Å². The van der Waals surface area contributed by atoms with Gasteiger partial charge in [0.05, 0.1) is 17.3 Å². The molecule has 1 saturated heterocycles. The number of halogens is 3. The monoisotopic (exact) mass is 478 g/mol. The molecular weight excluding hydrogens is 457 g/mol. The van der Waals surface area contributed by atoms with Gasteiger partial charge in [-0.15, -0.1) is 4.37 Å². The molecule has 33 heavy (non-hydrogen) atoms. The zero-order valence-corrected chi connectivity index (χ0v) is 18.3. The van der Waals surface area contributed by atoms with Crippen LogP contribution in [-0.2, 0) is 12.8 Å². The van der Waals surface area contributed by atoms with Crippen molar-refractivity contribution in [2.45, 2.75) is 19.2 Å². The first kappa shape index (κ1) is 22.8. The largest absolute Gasteiger partial charge is 0.470 e. The first-order chi connectivity index (χ1) is 15.9. The van der Waals surface area contributed by atoms with Crippen LogP contribution >= 0.6 is 11.7 Å². The lowest BCUT2D eigenvalue weighted by molar-refractivity contribution is -0.137. The number of benzene rings is 1. The number of alkyl halides is 3. The van der Waals surface area contributed by atoms with E-state index in [1.807, 2.05) is 17.0 Å². The summed E-state index contributed by atoms with van der Waals surface area (Å²) < 4.78 is 53.2. The number of urea groups is 1. The zero-order valence-electron chi connectivity index (χ0n) is 17.5. The van der Waals surface area contributed by atoms with Gasteiger partial charge in [-0.2, -0.15) is 17.5 Å². The Hall–Kier alpha value is -3.41. The molecule has 0 bridgehead atoms. The average Bonchev–Trinajstić information content (AvgIpc) is 3.13. The van der Waals surface area contributed by atoms with Crippen LogP contribution in [0.2, 0.25) is 0 Å². The third-order valence-corrected chi connectivity index (χ3v) is 5.59. The summed E-state index contributed by atoms with van der Waals surface area (Å²) in [6.45, 7) is 2.32. The van der Waals surface area contributed by atoms with E-state index >= 15 is 0 Å². The van der Waals surface area contributed by atoms with Crippen LogP contribution in [0.5, 0.6) is 5.88 Å². The molecule has 12 heteroatoms. The molecule has 2 amide bonds. The van der Waals surface area contributed by atoms with Crippen LogP contribution in [0, 0.1) is 0 Å². The molecule has 0 saturated carbocycles. The number of aromatic nitrogens is 3. The lowest BCUT2D eigenvalue weighted by atomic mass is 10.2. The summed E-state index contributed by atoms with van der Waals surface area (Å²) in [6.07, 6.45) is -0.431. The number of carbonyl (C=O) groups is 1. The quantitative estimate of drug-likeness (QED) is 0.590. The third kappa shape index (κ3) is 5.89. The Balaban J connectivity index is 1.35. The first-order valence-corrected chi connectivity index (χ1v) is 11.0. The number of rotatable bonds is 5. The van der Waals surface area contributed by atoms with E-state index < -0.39 is 17.8 Å². The SMILES string of the molecule is O=C(Nc1cccc(C(F)(F)F)c1)N1CCCN(c2nsnc2OCc2ccncc2)CC1. The lowest BCUT2D eigenvalue weighted by Gasteiger charge is -2.22. The molecule has 3 aromatic rings. The maximum absolute atomic E-state index is 12.9. The second-order valence-electron chi connectivity index (χ2n) is 7.37. The van der Waals surface area contributed by atoms with E-state index in [9.17, 15) is 18.0 Å². The van der Waals surface area contributed by atoms with E-state index in [-0.39, 0.29) is 5.69 Å². The van der Waals surface area contributed by atoms with Gasteiger partial charge >= 0.3 is 12.2 Å². The number of ether oxygens (including phenoxy) is 1. The van der Waals surface area contributed by atoms with Crippen LogP contribution in [0.1, 0.15) is 17.5 Å². The highest BCUT2D eigenvalue weighted by molar-refractivity contribution is 6.99. The van der Waals surface area contributed by atoms with E-state index in [1.54, 1.807) is 17.3 Å². The van der Waals surface area contributed by atoms with Gasteiger partial charge in [0.25, 0.3) is 5.88 Å². The van der Waals surface area contributed by atoms with Crippen LogP contribution < -0.4 is 15.0 Å².